The molecule has 1 aromatic heterocycles. The molecule has 0 aliphatic heterocycles. The molecule has 0 aliphatic rings. The van der Waals surface area contributed by atoms with Crippen molar-refractivity contribution in [2.75, 3.05) is 26.1 Å². The van der Waals surface area contributed by atoms with Crippen LogP contribution in [0, 0.1) is 6.92 Å². The molecule has 3 aromatic rings. The Morgan fingerprint density at radius 2 is 1.72 bits per heavy atom. The topological polar surface area (TPSA) is 89.5 Å². The Bertz CT molecular complexity index is 1050. The number of carbonyl (C=O) groups is 2. The van der Waals surface area contributed by atoms with E-state index in [0.29, 0.717) is 30.2 Å². The summed E-state index contributed by atoms with van der Waals surface area (Å²) in [7, 11) is 3.14. The summed E-state index contributed by atoms with van der Waals surface area (Å²) >= 11 is 0. The first-order valence-corrected chi connectivity index (χ1v) is 9.18. The van der Waals surface area contributed by atoms with Crippen molar-refractivity contribution in [1.82, 2.24) is 10.3 Å². The molecule has 7 nitrogen and oxygen atoms in total. The Labute approximate surface area is 169 Å². The van der Waals surface area contributed by atoms with Crippen molar-refractivity contribution in [3.8, 4) is 11.5 Å². The fourth-order valence-corrected chi connectivity index (χ4v) is 3.03. The lowest BCUT2D eigenvalue weighted by molar-refractivity contribution is -0.136. The number of ether oxygens (including phenoxy) is 2. The molecule has 0 fully saturated rings. The van der Waals surface area contributed by atoms with Crippen LogP contribution in [0.5, 0.6) is 11.5 Å². The molecule has 0 unspecified atom stereocenters. The molecule has 0 radical (unpaired) electrons. The van der Waals surface area contributed by atoms with Crippen LogP contribution < -0.4 is 20.1 Å². The molecular weight excluding hydrogens is 370 g/mol. The van der Waals surface area contributed by atoms with Gasteiger partial charge in [0, 0.05) is 17.6 Å². The standard InChI is InChI=1S/C22H23N3O4/c1-14-12-18(16-6-4-5-7-17(16)24-14)25-22(27)21(26)23-11-10-15-8-9-19(28-2)20(13-15)29-3/h4-9,12-13H,10-11H2,1-3H3,(H,23,26)(H,24,25,27). The van der Waals surface area contributed by atoms with Crippen LogP contribution in [0.25, 0.3) is 10.9 Å². The van der Waals surface area contributed by atoms with E-state index in [1.54, 1.807) is 26.4 Å². The second-order valence-electron chi connectivity index (χ2n) is 6.48. The summed E-state index contributed by atoms with van der Waals surface area (Å²) in [6.45, 7) is 2.16. The molecule has 0 saturated carbocycles. The van der Waals surface area contributed by atoms with E-state index in [-0.39, 0.29) is 0 Å². The fourth-order valence-electron chi connectivity index (χ4n) is 3.03. The quantitative estimate of drug-likeness (QED) is 0.629. The molecule has 3 rings (SSSR count). The highest BCUT2D eigenvalue weighted by atomic mass is 16.5. The van der Waals surface area contributed by atoms with Gasteiger partial charge in [0.15, 0.2) is 11.5 Å². The monoisotopic (exact) mass is 393 g/mol. The molecule has 0 spiro atoms. The average molecular weight is 393 g/mol. The molecular formula is C22H23N3O4. The zero-order valence-electron chi connectivity index (χ0n) is 16.6. The van der Waals surface area contributed by atoms with Crippen LogP contribution in [0.15, 0.2) is 48.5 Å². The highest BCUT2D eigenvalue weighted by molar-refractivity contribution is 6.40. The predicted octanol–water partition coefficient (Wildman–Crippen LogP) is 2.86. The second-order valence-corrected chi connectivity index (χ2v) is 6.48. The van der Waals surface area contributed by atoms with Gasteiger partial charge in [-0.15, -0.1) is 0 Å². The van der Waals surface area contributed by atoms with Crippen LogP contribution in [0.3, 0.4) is 0 Å². The SMILES string of the molecule is COc1ccc(CCNC(=O)C(=O)Nc2cc(C)nc3ccccc23)cc1OC. The summed E-state index contributed by atoms with van der Waals surface area (Å²) in [4.78, 5) is 28.9. The molecule has 150 valence electrons. The smallest absolute Gasteiger partial charge is 0.313 e. The largest absolute Gasteiger partial charge is 0.493 e. The number of methoxy groups -OCH3 is 2. The van der Waals surface area contributed by atoms with Crippen LogP contribution >= 0.6 is 0 Å². The number of carbonyl (C=O) groups excluding carboxylic acids is 2. The molecule has 1 heterocycles. The minimum absolute atomic E-state index is 0.317. The molecule has 0 saturated heterocycles. The summed E-state index contributed by atoms with van der Waals surface area (Å²) < 4.78 is 10.5. The molecule has 0 atom stereocenters. The molecule has 29 heavy (non-hydrogen) atoms. The highest BCUT2D eigenvalue weighted by Gasteiger charge is 2.15. The van der Waals surface area contributed by atoms with Gasteiger partial charge in [0.1, 0.15) is 0 Å². The maximum Gasteiger partial charge on any atom is 0.313 e. The van der Waals surface area contributed by atoms with E-state index >= 15 is 0 Å². The third kappa shape index (κ3) is 4.82. The first-order valence-electron chi connectivity index (χ1n) is 9.18. The Kier molecular flexibility index (Phi) is 6.29. The normalized spacial score (nSPS) is 10.4. The molecule has 7 heteroatoms. The molecule has 0 bridgehead atoms. The van der Waals surface area contributed by atoms with E-state index < -0.39 is 11.8 Å². The van der Waals surface area contributed by atoms with E-state index in [4.69, 9.17) is 9.47 Å². The van der Waals surface area contributed by atoms with E-state index in [1.807, 2.05) is 43.3 Å². The first kappa shape index (κ1) is 20.1. The van der Waals surface area contributed by atoms with Crippen LogP contribution in [0.1, 0.15) is 11.3 Å². The van der Waals surface area contributed by atoms with Crippen molar-refractivity contribution >= 4 is 28.4 Å². The summed E-state index contributed by atoms with van der Waals surface area (Å²) in [6, 6.07) is 14.7. The maximum absolute atomic E-state index is 12.3. The van der Waals surface area contributed by atoms with Crippen molar-refractivity contribution in [3.05, 3.63) is 59.8 Å². The highest BCUT2D eigenvalue weighted by Crippen LogP contribution is 2.27. The maximum atomic E-state index is 12.3. The van der Waals surface area contributed by atoms with Gasteiger partial charge in [-0.1, -0.05) is 24.3 Å². The van der Waals surface area contributed by atoms with E-state index in [0.717, 1.165) is 22.2 Å². The fraction of sp³-hybridized carbons (Fsp3) is 0.227. The summed E-state index contributed by atoms with van der Waals surface area (Å²) in [5, 5.41) is 6.10. The summed E-state index contributed by atoms with van der Waals surface area (Å²) in [5.74, 6) is -0.148. The molecule has 2 N–H and O–H groups in total. The lowest BCUT2D eigenvalue weighted by atomic mass is 10.1. The Morgan fingerprint density at radius 1 is 0.966 bits per heavy atom. The van der Waals surface area contributed by atoms with Gasteiger partial charge in [-0.25, -0.2) is 0 Å². The Morgan fingerprint density at radius 3 is 2.48 bits per heavy atom. The van der Waals surface area contributed by atoms with E-state index in [1.165, 1.54) is 0 Å². The van der Waals surface area contributed by atoms with E-state index in [9.17, 15) is 9.59 Å². The molecule has 2 aromatic carbocycles. The third-order valence-electron chi connectivity index (χ3n) is 4.45. The van der Waals surface area contributed by atoms with E-state index in [2.05, 4.69) is 15.6 Å². The van der Waals surface area contributed by atoms with Gasteiger partial charge in [0.2, 0.25) is 0 Å². The van der Waals surface area contributed by atoms with Gasteiger partial charge >= 0.3 is 11.8 Å². The van der Waals surface area contributed by atoms with Gasteiger partial charge in [0.25, 0.3) is 0 Å². The number of nitrogens with one attached hydrogen (secondary N) is 2. The van der Waals surface area contributed by atoms with Crippen molar-refractivity contribution in [2.45, 2.75) is 13.3 Å². The van der Waals surface area contributed by atoms with Crippen LogP contribution in [0.2, 0.25) is 0 Å². The van der Waals surface area contributed by atoms with Crippen molar-refractivity contribution < 1.29 is 19.1 Å². The number of benzene rings is 2. The number of rotatable bonds is 6. The van der Waals surface area contributed by atoms with Crippen molar-refractivity contribution in [2.24, 2.45) is 0 Å². The van der Waals surface area contributed by atoms with Crippen molar-refractivity contribution in [3.63, 3.8) is 0 Å². The van der Waals surface area contributed by atoms with Crippen LogP contribution in [0.4, 0.5) is 5.69 Å². The van der Waals surface area contributed by atoms with Crippen molar-refractivity contribution in [1.29, 1.82) is 0 Å². The number of aryl methyl sites for hydroxylation is 1. The minimum atomic E-state index is -0.715. The summed E-state index contributed by atoms with van der Waals surface area (Å²) in [5.41, 5.74) is 3.04. The number of fused-ring (bicyclic) bond motifs is 1. The van der Waals surface area contributed by atoms with Gasteiger partial charge in [-0.05, 0) is 43.2 Å². The van der Waals surface area contributed by atoms with Gasteiger partial charge in [-0.2, -0.15) is 0 Å². The lowest BCUT2D eigenvalue weighted by Crippen LogP contribution is -2.36. The van der Waals surface area contributed by atoms with Gasteiger partial charge in [0.05, 0.1) is 25.4 Å². The van der Waals surface area contributed by atoms with Gasteiger partial charge in [-0.3, -0.25) is 14.6 Å². The zero-order valence-corrected chi connectivity index (χ0v) is 16.6. The number of hydrogen-bond donors (Lipinski definition) is 2. The van der Waals surface area contributed by atoms with Gasteiger partial charge < -0.3 is 20.1 Å². The number of nitrogens with zero attached hydrogens (tertiary/aromatic N) is 1. The number of anilines is 1. The second kappa shape index (κ2) is 9.05. The molecule has 0 aliphatic carbocycles. The first-order chi connectivity index (χ1) is 14.0. The molecule has 2 amide bonds. The average Bonchev–Trinajstić information content (AvgIpc) is 2.73. The lowest BCUT2D eigenvalue weighted by Gasteiger charge is -2.11. The number of amides is 2. The van der Waals surface area contributed by atoms with Crippen LogP contribution in [-0.2, 0) is 16.0 Å². The number of aromatic nitrogens is 1. The third-order valence-corrected chi connectivity index (χ3v) is 4.45. The number of para-hydroxylation sites is 1. The predicted molar refractivity (Wildman–Crippen MR) is 111 cm³/mol. The Hall–Kier alpha value is -3.61. The zero-order chi connectivity index (χ0) is 20.8. The Balaban J connectivity index is 1.60. The van der Waals surface area contributed by atoms with Crippen LogP contribution in [-0.4, -0.2) is 37.6 Å². The summed E-state index contributed by atoms with van der Waals surface area (Å²) in [6.07, 6.45) is 0.552. The number of pyridine rings is 1. The minimum Gasteiger partial charge on any atom is -0.493 e. The number of hydrogen-bond acceptors (Lipinski definition) is 5.